The van der Waals surface area contributed by atoms with E-state index >= 15 is 0 Å². The molecular formula is C18H20N2O3S. The number of carbonyl (C=O) groups excluding carboxylic acids is 2. The smallest absolute Gasteiger partial charge is 0.309 e. The molecule has 1 fully saturated rings. The number of aromatic nitrogens is 1. The first kappa shape index (κ1) is 16.6. The summed E-state index contributed by atoms with van der Waals surface area (Å²) in [5, 5.41) is 1.89. The predicted molar refractivity (Wildman–Crippen MR) is 91.4 cm³/mol. The molecule has 5 nitrogen and oxygen atoms in total. The van der Waals surface area contributed by atoms with Crippen molar-refractivity contribution in [3.8, 4) is 0 Å². The maximum atomic E-state index is 11.9. The summed E-state index contributed by atoms with van der Waals surface area (Å²) in [4.78, 5) is 28.3. The van der Waals surface area contributed by atoms with Crippen LogP contribution in [0.15, 0.2) is 40.8 Å². The van der Waals surface area contributed by atoms with E-state index in [1.807, 2.05) is 30.0 Å². The second kappa shape index (κ2) is 7.13. The van der Waals surface area contributed by atoms with E-state index < -0.39 is 5.91 Å². The fourth-order valence-electron chi connectivity index (χ4n) is 2.43. The Kier molecular flexibility index (Phi) is 4.94. The molecule has 1 aromatic heterocycles. The third-order valence-corrected chi connectivity index (χ3v) is 4.90. The number of thiazole rings is 1. The van der Waals surface area contributed by atoms with Gasteiger partial charge in [-0.2, -0.15) is 4.99 Å². The summed E-state index contributed by atoms with van der Waals surface area (Å²) in [5.41, 5.74) is 2.35. The van der Waals surface area contributed by atoms with Crippen molar-refractivity contribution in [1.82, 2.24) is 4.57 Å². The van der Waals surface area contributed by atoms with Crippen LogP contribution in [0.2, 0.25) is 0 Å². The Bertz CT molecular complexity index is 804. The van der Waals surface area contributed by atoms with E-state index in [0.717, 1.165) is 12.0 Å². The number of carbonyl (C=O) groups is 2. The highest BCUT2D eigenvalue weighted by Crippen LogP contribution is 2.38. The molecular weight excluding hydrogens is 324 g/mol. The molecule has 0 spiro atoms. The zero-order valence-electron chi connectivity index (χ0n) is 13.8. The summed E-state index contributed by atoms with van der Waals surface area (Å²) in [5.74, 6) is -0.383. The summed E-state index contributed by atoms with van der Waals surface area (Å²) in [7, 11) is 0. The molecule has 24 heavy (non-hydrogen) atoms. The number of esters is 1. The number of amides is 1. The van der Waals surface area contributed by atoms with Gasteiger partial charge in [0, 0.05) is 18.1 Å². The minimum absolute atomic E-state index is 0.0361. The van der Waals surface area contributed by atoms with Crippen molar-refractivity contribution >= 4 is 23.2 Å². The quantitative estimate of drug-likeness (QED) is 0.783. The van der Waals surface area contributed by atoms with Crippen molar-refractivity contribution in [1.29, 1.82) is 0 Å². The third kappa shape index (κ3) is 4.20. The van der Waals surface area contributed by atoms with Crippen molar-refractivity contribution in [2.45, 2.75) is 26.8 Å². The first-order chi connectivity index (χ1) is 11.5. The molecule has 6 heteroatoms. The Balaban J connectivity index is 1.62. The van der Waals surface area contributed by atoms with Crippen LogP contribution in [0.1, 0.15) is 24.5 Å². The van der Waals surface area contributed by atoms with Gasteiger partial charge < -0.3 is 9.30 Å². The summed E-state index contributed by atoms with van der Waals surface area (Å²) in [6.07, 6.45) is 2.75. The Labute approximate surface area is 144 Å². The standard InChI is InChI=1S/C18H20N2O3S/c1-12-3-5-14(6-4-12)10-20-7-8-24-18(20)19-16(21)11-23-17(22)15-9-13(15)2/h3-8,13,15H,9-11H2,1-2H3. The second-order valence-corrected chi connectivity index (χ2v) is 7.10. The van der Waals surface area contributed by atoms with Gasteiger partial charge in [-0.25, -0.2) is 0 Å². The normalized spacial score (nSPS) is 20.0. The van der Waals surface area contributed by atoms with Gasteiger partial charge in [0.25, 0.3) is 5.91 Å². The highest BCUT2D eigenvalue weighted by Gasteiger charge is 2.40. The van der Waals surface area contributed by atoms with Crippen LogP contribution >= 0.6 is 11.3 Å². The lowest BCUT2D eigenvalue weighted by molar-refractivity contribution is -0.149. The molecule has 2 atom stereocenters. The van der Waals surface area contributed by atoms with Gasteiger partial charge in [-0.1, -0.05) is 36.8 Å². The molecule has 0 bridgehead atoms. The van der Waals surface area contributed by atoms with Crippen LogP contribution in [0.5, 0.6) is 0 Å². The van der Waals surface area contributed by atoms with Crippen molar-refractivity contribution in [3.05, 3.63) is 51.8 Å². The molecule has 1 aliphatic rings. The summed E-state index contributed by atoms with van der Waals surface area (Å²) in [6, 6.07) is 8.24. The number of hydrogen-bond acceptors (Lipinski definition) is 4. The van der Waals surface area contributed by atoms with E-state index in [9.17, 15) is 9.59 Å². The van der Waals surface area contributed by atoms with E-state index in [-0.39, 0.29) is 18.5 Å². The number of rotatable bonds is 5. The second-order valence-electron chi connectivity index (χ2n) is 6.23. The molecule has 1 aliphatic carbocycles. The summed E-state index contributed by atoms with van der Waals surface area (Å²) >= 11 is 1.39. The van der Waals surface area contributed by atoms with Crippen LogP contribution in [0, 0.1) is 18.8 Å². The molecule has 1 amide bonds. The number of benzene rings is 1. The molecule has 0 N–H and O–H groups in total. The maximum absolute atomic E-state index is 11.9. The van der Waals surface area contributed by atoms with E-state index in [1.165, 1.54) is 16.9 Å². The predicted octanol–water partition coefficient (Wildman–Crippen LogP) is 2.53. The molecule has 0 saturated heterocycles. The topological polar surface area (TPSA) is 60.7 Å². The number of nitrogens with zero attached hydrogens (tertiary/aromatic N) is 2. The monoisotopic (exact) mass is 344 g/mol. The largest absolute Gasteiger partial charge is 0.455 e. The minimum atomic E-state index is -0.434. The lowest BCUT2D eigenvalue weighted by Gasteiger charge is -2.04. The number of hydrogen-bond donors (Lipinski definition) is 0. The SMILES string of the molecule is Cc1ccc(Cn2ccsc2=NC(=O)COC(=O)C2CC2C)cc1. The zero-order valence-corrected chi connectivity index (χ0v) is 14.6. The third-order valence-electron chi connectivity index (χ3n) is 4.10. The van der Waals surface area contributed by atoms with Crippen LogP contribution < -0.4 is 4.80 Å². The lowest BCUT2D eigenvalue weighted by atomic mass is 10.1. The van der Waals surface area contributed by atoms with Gasteiger partial charge in [0.15, 0.2) is 11.4 Å². The van der Waals surface area contributed by atoms with Gasteiger partial charge in [0.05, 0.1) is 5.92 Å². The molecule has 0 aliphatic heterocycles. The number of ether oxygens (including phenoxy) is 1. The van der Waals surface area contributed by atoms with Crippen molar-refractivity contribution < 1.29 is 14.3 Å². The molecule has 2 unspecified atom stereocenters. The molecule has 1 aromatic carbocycles. The molecule has 126 valence electrons. The van der Waals surface area contributed by atoms with Crippen molar-refractivity contribution in [2.75, 3.05) is 6.61 Å². The minimum Gasteiger partial charge on any atom is -0.455 e. The van der Waals surface area contributed by atoms with Crippen LogP contribution in [0.4, 0.5) is 0 Å². The average Bonchev–Trinajstić information content (AvgIpc) is 3.14. The Hall–Kier alpha value is -2.21. The number of aryl methyl sites for hydroxylation is 1. The van der Waals surface area contributed by atoms with Crippen molar-refractivity contribution in [2.24, 2.45) is 16.8 Å². The van der Waals surface area contributed by atoms with E-state index in [4.69, 9.17) is 4.74 Å². The lowest BCUT2D eigenvalue weighted by Crippen LogP contribution is -2.20. The van der Waals surface area contributed by atoms with Crippen LogP contribution in [0.3, 0.4) is 0 Å². The Morgan fingerprint density at radius 2 is 2.04 bits per heavy atom. The molecule has 3 rings (SSSR count). The van der Waals surface area contributed by atoms with Gasteiger partial charge in [0.2, 0.25) is 0 Å². The van der Waals surface area contributed by atoms with Crippen LogP contribution in [-0.4, -0.2) is 23.1 Å². The first-order valence-corrected chi connectivity index (χ1v) is 8.84. The van der Waals surface area contributed by atoms with E-state index in [2.05, 4.69) is 29.3 Å². The van der Waals surface area contributed by atoms with Gasteiger partial charge in [-0.05, 0) is 24.8 Å². The maximum Gasteiger partial charge on any atom is 0.309 e. The fourth-order valence-corrected chi connectivity index (χ4v) is 3.17. The Morgan fingerprint density at radius 1 is 1.33 bits per heavy atom. The highest BCUT2D eigenvalue weighted by atomic mass is 32.1. The van der Waals surface area contributed by atoms with Gasteiger partial charge in [-0.3, -0.25) is 9.59 Å². The fraction of sp³-hybridized carbons (Fsp3) is 0.389. The zero-order chi connectivity index (χ0) is 17.1. The molecule has 0 radical (unpaired) electrons. The van der Waals surface area contributed by atoms with E-state index in [0.29, 0.717) is 17.3 Å². The summed E-state index contributed by atoms with van der Waals surface area (Å²) < 4.78 is 6.95. The molecule has 2 aromatic rings. The average molecular weight is 344 g/mol. The van der Waals surface area contributed by atoms with Crippen molar-refractivity contribution in [3.63, 3.8) is 0 Å². The Morgan fingerprint density at radius 3 is 2.71 bits per heavy atom. The first-order valence-electron chi connectivity index (χ1n) is 7.96. The van der Waals surface area contributed by atoms with Gasteiger partial charge in [0.1, 0.15) is 0 Å². The van der Waals surface area contributed by atoms with E-state index in [1.54, 1.807) is 0 Å². The highest BCUT2D eigenvalue weighted by molar-refractivity contribution is 7.07. The van der Waals surface area contributed by atoms with Gasteiger partial charge >= 0.3 is 5.97 Å². The summed E-state index contributed by atoms with van der Waals surface area (Å²) in [6.45, 7) is 4.40. The van der Waals surface area contributed by atoms with Crippen LogP contribution in [0.25, 0.3) is 0 Å². The molecule has 1 saturated carbocycles. The molecule has 1 heterocycles. The van der Waals surface area contributed by atoms with Crippen LogP contribution in [-0.2, 0) is 20.9 Å². The van der Waals surface area contributed by atoms with Gasteiger partial charge in [-0.15, -0.1) is 11.3 Å².